The van der Waals surface area contributed by atoms with E-state index in [9.17, 15) is 12.8 Å². The Morgan fingerprint density at radius 1 is 1.38 bits per heavy atom. The monoisotopic (exact) mass is 328 g/mol. The van der Waals surface area contributed by atoms with Crippen molar-refractivity contribution in [2.45, 2.75) is 25.3 Å². The maximum absolute atomic E-state index is 13.6. The molecule has 114 valence electrons. The topological polar surface area (TPSA) is 63.4 Å². The minimum absolute atomic E-state index is 0.0253. The number of nitrogens with zero attached hydrogens (tertiary/aromatic N) is 1. The zero-order chi connectivity index (χ0) is 15.6. The SMILES string of the molecule is CCN(Cc1cccs1)S(=O)(=O)c1cc(C)c(F)c(N)c1. The number of anilines is 1. The maximum atomic E-state index is 13.6. The fraction of sp³-hybridized carbons (Fsp3) is 0.286. The number of rotatable bonds is 5. The number of nitrogens with two attached hydrogens (primary N) is 1. The van der Waals surface area contributed by atoms with Gasteiger partial charge in [-0.1, -0.05) is 13.0 Å². The largest absolute Gasteiger partial charge is 0.396 e. The van der Waals surface area contributed by atoms with Crippen LogP contribution in [0, 0.1) is 12.7 Å². The molecule has 0 aliphatic heterocycles. The number of hydrogen-bond donors (Lipinski definition) is 1. The third-order valence-corrected chi connectivity index (χ3v) is 5.92. The molecule has 2 aromatic rings. The number of hydrogen-bond acceptors (Lipinski definition) is 4. The first-order valence-corrected chi connectivity index (χ1v) is 8.76. The number of halogens is 1. The van der Waals surface area contributed by atoms with Crippen LogP contribution in [-0.2, 0) is 16.6 Å². The van der Waals surface area contributed by atoms with Crippen LogP contribution in [0.4, 0.5) is 10.1 Å². The van der Waals surface area contributed by atoms with Crippen LogP contribution in [0.3, 0.4) is 0 Å². The van der Waals surface area contributed by atoms with Gasteiger partial charge in [0.2, 0.25) is 10.0 Å². The first-order chi connectivity index (χ1) is 9.86. The normalized spacial score (nSPS) is 12.0. The molecule has 2 rings (SSSR count). The number of nitrogen functional groups attached to an aromatic ring is 1. The molecule has 0 fully saturated rings. The summed E-state index contributed by atoms with van der Waals surface area (Å²) < 4.78 is 40.2. The maximum Gasteiger partial charge on any atom is 0.243 e. The van der Waals surface area contributed by atoms with Crippen LogP contribution in [0.5, 0.6) is 0 Å². The molecule has 21 heavy (non-hydrogen) atoms. The molecule has 2 N–H and O–H groups in total. The van der Waals surface area contributed by atoms with E-state index in [2.05, 4.69) is 0 Å². The first kappa shape index (κ1) is 15.9. The molecule has 1 aromatic carbocycles. The second-order valence-electron chi connectivity index (χ2n) is 4.65. The highest BCUT2D eigenvalue weighted by Crippen LogP contribution is 2.25. The molecule has 0 spiro atoms. The molecule has 7 heteroatoms. The van der Waals surface area contributed by atoms with E-state index in [4.69, 9.17) is 5.73 Å². The average molecular weight is 328 g/mol. The summed E-state index contributed by atoms with van der Waals surface area (Å²) in [5.74, 6) is -0.574. The Kier molecular flexibility index (Phi) is 4.65. The molecule has 1 heterocycles. The standard InChI is InChI=1S/C14H17FN2O2S2/c1-3-17(9-11-5-4-6-20-11)21(18,19)12-7-10(2)14(15)13(16)8-12/h4-8H,3,9,16H2,1-2H3. The number of thiophene rings is 1. The van der Waals surface area contributed by atoms with Gasteiger partial charge in [0.05, 0.1) is 10.6 Å². The van der Waals surface area contributed by atoms with Crippen molar-refractivity contribution in [2.24, 2.45) is 0 Å². The van der Waals surface area contributed by atoms with Gasteiger partial charge in [0.1, 0.15) is 5.82 Å². The van der Waals surface area contributed by atoms with Crippen LogP contribution >= 0.6 is 11.3 Å². The van der Waals surface area contributed by atoms with Gasteiger partial charge >= 0.3 is 0 Å². The van der Waals surface area contributed by atoms with Crippen LogP contribution in [0.25, 0.3) is 0 Å². The van der Waals surface area contributed by atoms with Crippen LogP contribution in [0.1, 0.15) is 17.4 Å². The number of benzene rings is 1. The highest BCUT2D eigenvalue weighted by atomic mass is 32.2. The van der Waals surface area contributed by atoms with Crippen LogP contribution in [-0.4, -0.2) is 19.3 Å². The summed E-state index contributed by atoms with van der Waals surface area (Å²) in [6.07, 6.45) is 0. The van der Waals surface area contributed by atoms with E-state index in [1.165, 1.54) is 34.7 Å². The Balaban J connectivity index is 2.39. The predicted molar refractivity (Wildman–Crippen MR) is 83.1 cm³/mol. The number of sulfonamides is 1. The second kappa shape index (κ2) is 6.13. The Labute approximate surface area is 128 Å². The van der Waals surface area contributed by atoms with Gasteiger partial charge in [-0.3, -0.25) is 0 Å². The molecule has 0 saturated carbocycles. The molecule has 1 aromatic heterocycles. The van der Waals surface area contributed by atoms with E-state index in [0.717, 1.165) is 4.88 Å². The van der Waals surface area contributed by atoms with Gasteiger partial charge in [0.25, 0.3) is 0 Å². The second-order valence-corrected chi connectivity index (χ2v) is 7.62. The van der Waals surface area contributed by atoms with Crippen LogP contribution in [0.15, 0.2) is 34.5 Å². The van der Waals surface area contributed by atoms with E-state index in [1.807, 2.05) is 17.5 Å². The van der Waals surface area contributed by atoms with Gasteiger partial charge < -0.3 is 5.73 Å². The molecule has 0 atom stereocenters. The van der Waals surface area contributed by atoms with Crippen molar-refractivity contribution in [3.8, 4) is 0 Å². The predicted octanol–water partition coefficient (Wildman–Crippen LogP) is 2.99. The van der Waals surface area contributed by atoms with E-state index < -0.39 is 15.8 Å². The molecule has 0 unspecified atom stereocenters. The fourth-order valence-electron chi connectivity index (χ4n) is 2.00. The lowest BCUT2D eigenvalue weighted by molar-refractivity contribution is 0.426. The van der Waals surface area contributed by atoms with Crippen LogP contribution in [0.2, 0.25) is 0 Å². The lowest BCUT2D eigenvalue weighted by Crippen LogP contribution is -2.30. The van der Waals surface area contributed by atoms with Crippen molar-refractivity contribution >= 4 is 27.0 Å². The quantitative estimate of drug-likeness (QED) is 0.858. The van der Waals surface area contributed by atoms with Crippen molar-refractivity contribution in [1.29, 1.82) is 0 Å². The third-order valence-electron chi connectivity index (χ3n) is 3.16. The van der Waals surface area contributed by atoms with Gasteiger partial charge in [-0.15, -0.1) is 11.3 Å². The van der Waals surface area contributed by atoms with Crippen molar-refractivity contribution in [1.82, 2.24) is 4.31 Å². The minimum Gasteiger partial charge on any atom is -0.396 e. The summed E-state index contributed by atoms with van der Waals surface area (Å²) >= 11 is 1.50. The van der Waals surface area contributed by atoms with E-state index in [1.54, 1.807) is 6.92 Å². The Morgan fingerprint density at radius 3 is 2.62 bits per heavy atom. The molecule has 4 nitrogen and oxygen atoms in total. The molecule has 0 bridgehead atoms. The van der Waals surface area contributed by atoms with Gasteiger partial charge in [0.15, 0.2) is 0 Å². The molecular formula is C14H17FN2O2S2. The molecule has 0 amide bonds. The summed E-state index contributed by atoms with van der Waals surface area (Å²) in [4.78, 5) is 0.976. The van der Waals surface area contributed by atoms with Crippen LogP contribution < -0.4 is 5.73 Å². The Morgan fingerprint density at radius 2 is 2.10 bits per heavy atom. The summed E-state index contributed by atoms with van der Waals surface area (Å²) in [5, 5.41) is 1.90. The van der Waals surface area contributed by atoms with Gasteiger partial charge in [-0.2, -0.15) is 4.31 Å². The van der Waals surface area contributed by atoms with E-state index >= 15 is 0 Å². The molecular weight excluding hydrogens is 311 g/mol. The lowest BCUT2D eigenvalue weighted by Gasteiger charge is -2.20. The van der Waals surface area contributed by atoms with E-state index in [-0.39, 0.29) is 16.1 Å². The minimum atomic E-state index is -3.70. The van der Waals surface area contributed by atoms with Gasteiger partial charge in [-0.05, 0) is 36.1 Å². The summed E-state index contributed by atoms with van der Waals surface area (Å²) in [5.41, 5.74) is 5.61. The average Bonchev–Trinajstić information content (AvgIpc) is 2.94. The molecule has 0 aliphatic rings. The third kappa shape index (κ3) is 3.25. The number of aryl methyl sites for hydroxylation is 1. The van der Waals surface area contributed by atoms with Gasteiger partial charge in [-0.25, -0.2) is 12.8 Å². The molecule has 0 aliphatic carbocycles. The molecule has 0 saturated heterocycles. The fourth-order valence-corrected chi connectivity index (χ4v) is 4.35. The van der Waals surface area contributed by atoms with Crippen molar-refractivity contribution in [2.75, 3.05) is 12.3 Å². The van der Waals surface area contributed by atoms with Crippen molar-refractivity contribution in [3.05, 3.63) is 45.9 Å². The Bertz CT molecular complexity index is 704. The zero-order valence-electron chi connectivity index (χ0n) is 11.8. The summed E-state index contributed by atoms with van der Waals surface area (Å²) in [7, 11) is -3.70. The Hall–Kier alpha value is -1.44. The van der Waals surface area contributed by atoms with E-state index in [0.29, 0.717) is 13.1 Å². The van der Waals surface area contributed by atoms with Gasteiger partial charge in [0, 0.05) is 18.0 Å². The first-order valence-electron chi connectivity index (χ1n) is 6.44. The lowest BCUT2D eigenvalue weighted by atomic mass is 10.2. The van der Waals surface area contributed by atoms with Crippen molar-refractivity contribution in [3.63, 3.8) is 0 Å². The zero-order valence-corrected chi connectivity index (χ0v) is 13.5. The summed E-state index contributed by atoms with van der Waals surface area (Å²) in [6, 6.07) is 6.25. The summed E-state index contributed by atoms with van der Waals surface area (Å²) in [6.45, 7) is 3.90. The van der Waals surface area contributed by atoms with Crippen molar-refractivity contribution < 1.29 is 12.8 Å². The smallest absolute Gasteiger partial charge is 0.243 e. The highest BCUT2D eigenvalue weighted by Gasteiger charge is 2.25. The highest BCUT2D eigenvalue weighted by molar-refractivity contribution is 7.89. The molecule has 0 radical (unpaired) electrons.